The lowest BCUT2D eigenvalue weighted by atomic mass is 9.94. The van der Waals surface area contributed by atoms with Crippen LogP contribution in [-0.2, 0) is 17.6 Å². The molecule has 7 nitrogen and oxygen atoms in total. The van der Waals surface area contributed by atoms with Crippen LogP contribution in [0.4, 0.5) is 10.6 Å². The van der Waals surface area contributed by atoms with E-state index >= 15 is 0 Å². The second kappa shape index (κ2) is 10.1. The summed E-state index contributed by atoms with van der Waals surface area (Å²) in [4.78, 5) is 15.5. The van der Waals surface area contributed by atoms with E-state index in [2.05, 4.69) is 46.4 Å². The van der Waals surface area contributed by atoms with Gasteiger partial charge in [0.2, 0.25) is 0 Å². The lowest BCUT2D eigenvalue weighted by Gasteiger charge is -2.21. The number of methoxy groups -OCH3 is 1. The van der Waals surface area contributed by atoms with E-state index in [0.717, 1.165) is 61.7 Å². The largest absolute Gasteiger partial charge is 0.383 e. The maximum atomic E-state index is 13.2. The van der Waals surface area contributed by atoms with E-state index in [1.54, 1.807) is 13.2 Å². The third kappa shape index (κ3) is 4.64. The van der Waals surface area contributed by atoms with Crippen LogP contribution in [-0.4, -0.2) is 60.1 Å². The van der Waals surface area contributed by atoms with Crippen molar-refractivity contribution in [3.63, 3.8) is 0 Å². The Bertz CT molecular complexity index is 982. The van der Waals surface area contributed by atoms with E-state index in [-0.39, 0.29) is 18.0 Å². The van der Waals surface area contributed by atoms with Crippen molar-refractivity contribution >= 4 is 17.5 Å². The van der Waals surface area contributed by atoms with Crippen molar-refractivity contribution in [2.45, 2.75) is 38.1 Å². The number of aromatic nitrogens is 2. The Hall–Kier alpha value is -2.90. The van der Waals surface area contributed by atoms with Gasteiger partial charge in [0.1, 0.15) is 5.82 Å². The molecule has 0 radical (unpaired) electrons. The van der Waals surface area contributed by atoms with E-state index in [9.17, 15) is 4.79 Å². The van der Waals surface area contributed by atoms with Crippen LogP contribution in [0.1, 0.15) is 36.1 Å². The summed E-state index contributed by atoms with van der Waals surface area (Å²) < 4.78 is 7.08. The number of benzene rings is 1. The van der Waals surface area contributed by atoms with Crippen molar-refractivity contribution in [3.05, 3.63) is 65.9 Å². The molecule has 0 bridgehead atoms. The maximum Gasteiger partial charge on any atom is 0.320 e. The lowest BCUT2D eigenvalue weighted by molar-refractivity contribution is 0.159. The first-order valence-electron chi connectivity index (χ1n) is 11.4. The predicted octanol–water partition coefficient (Wildman–Crippen LogP) is 3.65. The van der Waals surface area contributed by atoms with Crippen molar-refractivity contribution in [3.8, 4) is 0 Å². The number of urea groups is 1. The van der Waals surface area contributed by atoms with E-state index in [0.29, 0.717) is 6.61 Å². The van der Waals surface area contributed by atoms with Gasteiger partial charge >= 0.3 is 6.03 Å². The van der Waals surface area contributed by atoms with E-state index < -0.39 is 0 Å². The van der Waals surface area contributed by atoms with Gasteiger partial charge in [-0.2, -0.15) is 5.10 Å². The van der Waals surface area contributed by atoms with E-state index in [1.807, 2.05) is 23.7 Å². The molecule has 1 aliphatic heterocycles. The summed E-state index contributed by atoms with van der Waals surface area (Å²) >= 11 is 0. The maximum absolute atomic E-state index is 13.2. The standard InChI is InChI=1S/C25H33N5O2/c1-4-19(5-2)30-24(20-12-9-13-22(20)28-30)27-25(31)26-23-17-29(14-15-32-3)16-21(23)18-10-7-6-8-11-18/h4-8,10-11,21,23H,1,9,12-17H2,2-3H3,(H2,26,27,31). The van der Waals surface area contributed by atoms with Crippen molar-refractivity contribution in [1.29, 1.82) is 0 Å². The average molecular weight is 436 g/mol. The molecule has 2 atom stereocenters. The van der Waals surface area contributed by atoms with Gasteiger partial charge in [-0.05, 0) is 37.8 Å². The lowest BCUT2D eigenvalue weighted by Crippen LogP contribution is -2.42. The number of carbonyl (C=O) groups is 1. The number of rotatable bonds is 8. The number of likely N-dealkylation sites (tertiary alicyclic amines) is 1. The van der Waals surface area contributed by atoms with Crippen molar-refractivity contribution in [2.75, 3.05) is 38.7 Å². The third-order valence-electron chi connectivity index (χ3n) is 6.44. The Morgan fingerprint density at radius 3 is 2.81 bits per heavy atom. The number of anilines is 1. The first-order valence-corrected chi connectivity index (χ1v) is 11.4. The number of fused-ring (bicyclic) bond motifs is 1. The van der Waals surface area contributed by atoms with Crippen LogP contribution in [0.15, 0.2) is 49.1 Å². The van der Waals surface area contributed by atoms with Crippen LogP contribution < -0.4 is 10.6 Å². The van der Waals surface area contributed by atoms with Crippen LogP contribution in [0.3, 0.4) is 0 Å². The number of nitrogens with one attached hydrogen (secondary N) is 2. The van der Waals surface area contributed by atoms with Crippen LogP contribution in [0.25, 0.3) is 5.70 Å². The summed E-state index contributed by atoms with van der Waals surface area (Å²) in [5, 5.41) is 11.1. The van der Waals surface area contributed by atoms with Crippen LogP contribution in [0.5, 0.6) is 0 Å². The molecule has 32 heavy (non-hydrogen) atoms. The summed E-state index contributed by atoms with van der Waals surface area (Å²) in [5.41, 5.74) is 4.30. The molecule has 1 saturated heterocycles. The second-order valence-electron chi connectivity index (χ2n) is 8.43. The quantitative estimate of drug-likeness (QED) is 0.621. The van der Waals surface area contributed by atoms with Crippen molar-refractivity contribution in [2.24, 2.45) is 0 Å². The highest BCUT2D eigenvalue weighted by atomic mass is 16.5. The van der Waals surface area contributed by atoms with Gasteiger partial charge in [0.05, 0.1) is 24.0 Å². The molecule has 170 valence electrons. The van der Waals surface area contributed by atoms with E-state index in [1.165, 1.54) is 5.56 Å². The number of nitrogens with zero attached hydrogens (tertiary/aromatic N) is 3. The summed E-state index contributed by atoms with van der Waals surface area (Å²) in [5.74, 6) is 0.988. The molecule has 1 aromatic carbocycles. The van der Waals surface area contributed by atoms with Crippen LogP contribution >= 0.6 is 0 Å². The molecule has 2 aromatic rings. The molecule has 2 N–H and O–H groups in total. The highest BCUT2D eigenvalue weighted by Crippen LogP contribution is 2.32. The van der Waals surface area contributed by atoms with Crippen molar-refractivity contribution in [1.82, 2.24) is 20.0 Å². The van der Waals surface area contributed by atoms with Gasteiger partial charge in [0.15, 0.2) is 0 Å². The summed E-state index contributed by atoms with van der Waals surface area (Å²) in [6.45, 7) is 9.06. The highest BCUT2D eigenvalue weighted by Gasteiger charge is 2.35. The Labute approximate surface area is 190 Å². The van der Waals surface area contributed by atoms with Crippen LogP contribution in [0.2, 0.25) is 0 Å². The van der Waals surface area contributed by atoms with Gasteiger partial charge in [-0.15, -0.1) is 0 Å². The zero-order valence-electron chi connectivity index (χ0n) is 19.0. The minimum absolute atomic E-state index is 0.0132. The molecule has 7 heteroatoms. The Morgan fingerprint density at radius 1 is 1.28 bits per heavy atom. The Morgan fingerprint density at radius 2 is 2.09 bits per heavy atom. The van der Waals surface area contributed by atoms with Crippen LogP contribution in [0, 0.1) is 0 Å². The number of hydrogen-bond acceptors (Lipinski definition) is 4. The summed E-state index contributed by atoms with van der Waals surface area (Å²) in [7, 11) is 1.72. The molecule has 0 saturated carbocycles. The summed E-state index contributed by atoms with van der Waals surface area (Å²) in [6.07, 6.45) is 6.66. The second-order valence-corrected chi connectivity index (χ2v) is 8.43. The zero-order valence-corrected chi connectivity index (χ0v) is 19.0. The van der Waals surface area contributed by atoms with Gasteiger partial charge in [-0.3, -0.25) is 10.2 Å². The fraction of sp³-hybridized carbons (Fsp3) is 0.440. The highest BCUT2D eigenvalue weighted by molar-refractivity contribution is 5.90. The molecular weight excluding hydrogens is 402 g/mol. The molecule has 1 fully saturated rings. The molecule has 2 amide bonds. The number of hydrogen-bond donors (Lipinski definition) is 2. The normalized spacial score (nSPS) is 20.9. The predicted molar refractivity (Wildman–Crippen MR) is 128 cm³/mol. The average Bonchev–Trinajstić information content (AvgIpc) is 3.50. The Balaban J connectivity index is 1.52. The molecular formula is C25H33N5O2. The summed E-state index contributed by atoms with van der Waals surface area (Å²) in [6, 6.07) is 10.2. The zero-order chi connectivity index (χ0) is 22.5. The fourth-order valence-electron chi connectivity index (χ4n) is 4.82. The van der Waals surface area contributed by atoms with Gasteiger partial charge in [-0.25, -0.2) is 9.48 Å². The number of amides is 2. The molecule has 4 rings (SSSR count). The Kier molecular flexibility index (Phi) is 7.07. The minimum Gasteiger partial charge on any atom is -0.383 e. The van der Waals surface area contributed by atoms with Crippen molar-refractivity contribution < 1.29 is 9.53 Å². The number of allylic oxidation sites excluding steroid dienone is 3. The molecule has 2 unspecified atom stereocenters. The number of aryl methyl sites for hydroxylation is 1. The molecule has 2 heterocycles. The number of ether oxygens (including phenoxy) is 1. The first kappa shape index (κ1) is 22.3. The SMILES string of the molecule is C=CC(=CC)n1nc2c(c1NC(=O)NC1CN(CCOC)CC1c1ccccc1)CCC2. The van der Waals surface area contributed by atoms with E-state index in [4.69, 9.17) is 9.84 Å². The van der Waals surface area contributed by atoms with Gasteiger partial charge < -0.3 is 10.1 Å². The smallest absolute Gasteiger partial charge is 0.320 e. The minimum atomic E-state index is -0.195. The molecule has 0 spiro atoms. The third-order valence-corrected chi connectivity index (χ3v) is 6.44. The molecule has 1 aliphatic carbocycles. The van der Waals surface area contributed by atoms with Gasteiger partial charge in [0, 0.05) is 38.2 Å². The van der Waals surface area contributed by atoms with Gasteiger partial charge in [0.25, 0.3) is 0 Å². The first-order chi connectivity index (χ1) is 15.6. The number of carbonyl (C=O) groups excluding carboxylic acids is 1. The molecule has 1 aromatic heterocycles. The fourth-order valence-corrected chi connectivity index (χ4v) is 4.82. The molecule has 2 aliphatic rings. The van der Waals surface area contributed by atoms with Gasteiger partial charge in [-0.1, -0.05) is 43.0 Å². The monoisotopic (exact) mass is 435 g/mol. The topological polar surface area (TPSA) is 71.4 Å².